The first kappa shape index (κ1) is 24.0. The van der Waals surface area contributed by atoms with Crippen molar-refractivity contribution >= 4 is 39.2 Å². The number of nitrogens with two attached hydrogens (primary N) is 2. The van der Waals surface area contributed by atoms with Gasteiger partial charge in [-0.05, 0) is 69.7 Å². The number of piperidine rings is 1. The van der Waals surface area contributed by atoms with Gasteiger partial charge in [0.2, 0.25) is 15.9 Å². The van der Waals surface area contributed by atoms with Gasteiger partial charge in [-0.1, -0.05) is 0 Å². The van der Waals surface area contributed by atoms with E-state index < -0.39 is 27.5 Å². The van der Waals surface area contributed by atoms with E-state index in [4.69, 9.17) is 11.5 Å². The minimum Gasteiger partial charge on any atom is -0.397 e. The third kappa shape index (κ3) is 4.18. The number of amides is 4. The van der Waals surface area contributed by atoms with Crippen molar-refractivity contribution in [3.8, 4) is 0 Å². The Hall–Kier alpha value is -2.66. The van der Waals surface area contributed by atoms with Gasteiger partial charge in [0.05, 0.1) is 17.1 Å². The lowest BCUT2D eigenvalue weighted by molar-refractivity contribution is -0.123. The second kappa shape index (κ2) is 8.36. The van der Waals surface area contributed by atoms with Crippen molar-refractivity contribution in [2.45, 2.75) is 52.5 Å². The maximum atomic E-state index is 12.9. The lowest BCUT2D eigenvalue weighted by Gasteiger charge is -2.31. The molecule has 0 spiro atoms. The third-order valence-electron chi connectivity index (χ3n) is 6.60. The summed E-state index contributed by atoms with van der Waals surface area (Å²) in [6.07, 6.45) is 1.12. The smallest absolute Gasteiger partial charge is 0.329 e. The molecule has 5 N–H and O–H groups in total. The number of carbonyl (C=O) groups excluding carboxylic acids is 3. The fourth-order valence-corrected chi connectivity index (χ4v) is 5.93. The van der Waals surface area contributed by atoms with Crippen molar-refractivity contribution in [2.75, 3.05) is 29.5 Å². The number of sulfonamides is 1. The number of nitrogens with one attached hydrogen (secondary N) is 1. The number of imide groups is 1. The normalized spacial score (nSPS) is 19.9. The highest BCUT2D eigenvalue weighted by Crippen LogP contribution is 2.37. The predicted molar refractivity (Wildman–Crippen MR) is 121 cm³/mol. The topological polar surface area (TPSA) is 156 Å². The number of urea groups is 1. The molecule has 32 heavy (non-hydrogen) atoms. The van der Waals surface area contributed by atoms with E-state index in [1.54, 1.807) is 26.8 Å². The first-order valence-corrected chi connectivity index (χ1v) is 12.2. The summed E-state index contributed by atoms with van der Waals surface area (Å²) < 4.78 is 27.1. The van der Waals surface area contributed by atoms with Gasteiger partial charge in [0, 0.05) is 19.0 Å². The van der Waals surface area contributed by atoms with Gasteiger partial charge in [0.25, 0.3) is 5.91 Å². The quantitative estimate of drug-likeness (QED) is 0.416. The summed E-state index contributed by atoms with van der Waals surface area (Å²) >= 11 is 0. The number of primary amides is 1. The molecule has 2 aliphatic rings. The van der Waals surface area contributed by atoms with Crippen molar-refractivity contribution < 1.29 is 22.8 Å². The SMILES string of the molecule is Cc1cc(N2C(=O)NC(=O)C2(C)C)c(N)c(C)c1CCS(=O)(=O)N1CCC(C(N)=O)CC1. The lowest BCUT2D eigenvalue weighted by atomic mass is 9.95. The van der Waals surface area contributed by atoms with E-state index in [2.05, 4.69) is 5.32 Å². The zero-order chi connectivity index (χ0) is 24.0. The molecule has 11 heteroatoms. The average Bonchev–Trinajstić information content (AvgIpc) is 2.91. The molecular formula is C21H31N5O5S. The summed E-state index contributed by atoms with van der Waals surface area (Å²) in [5.41, 5.74) is 13.6. The lowest BCUT2D eigenvalue weighted by Crippen LogP contribution is -2.45. The number of hydrogen-bond donors (Lipinski definition) is 3. The van der Waals surface area contributed by atoms with Crippen LogP contribution in [0, 0.1) is 19.8 Å². The van der Waals surface area contributed by atoms with Gasteiger partial charge in [-0.3, -0.25) is 19.8 Å². The Morgan fingerprint density at radius 3 is 2.31 bits per heavy atom. The van der Waals surface area contributed by atoms with Gasteiger partial charge in [-0.15, -0.1) is 0 Å². The van der Waals surface area contributed by atoms with Crippen molar-refractivity contribution in [3.05, 3.63) is 22.8 Å². The minimum absolute atomic E-state index is 0.0944. The van der Waals surface area contributed by atoms with E-state index in [1.807, 2.05) is 6.92 Å². The van der Waals surface area contributed by atoms with Crippen LogP contribution in [0.4, 0.5) is 16.2 Å². The van der Waals surface area contributed by atoms with Crippen LogP contribution in [0.5, 0.6) is 0 Å². The highest BCUT2D eigenvalue weighted by molar-refractivity contribution is 7.89. The molecule has 1 aromatic rings. The maximum absolute atomic E-state index is 12.9. The number of anilines is 2. The van der Waals surface area contributed by atoms with E-state index in [1.165, 1.54) is 9.21 Å². The zero-order valence-electron chi connectivity index (χ0n) is 18.9. The maximum Gasteiger partial charge on any atom is 0.329 e. The summed E-state index contributed by atoms with van der Waals surface area (Å²) in [6.45, 7) is 7.46. The Kier molecular flexibility index (Phi) is 6.27. The van der Waals surface area contributed by atoms with Crippen LogP contribution in [-0.2, 0) is 26.0 Å². The number of rotatable bonds is 6. The van der Waals surface area contributed by atoms with Crippen LogP contribution in [0.15, 0.2) is 6.07 Å². The monoisotopic (exact) mass is 465 g/mol. The Bertz CT molecular complexity index is 1070. The molecule has 10 nitrogen and oxygen atoms in total. The second-order valence-electron chi connectivity index (χ2n) is 9.03. The molecule has 2 heterocycles. The molecular weight excluding hydrogens is 434 g/mol. The molecule has 0 radical (unpaired) electrons. The Labute approximate surface area is 188 Å². The number of carbonyl (C=O) groups is 3. The van der Waals surface area contributed by atoms with Crippen molar-refractivity contribution in [1.82, 2.24) is 9.62 Å². The fourth-order valence-electron chi connectivity index (χ4n) is 4.44. The van der Waals surface area contributed by atoms with Crippen molar-refractivity contribution in [1.29, 1.82) is 0 Å². The van der Waals surface area contributed by atoms with Gasteiger partial charge in [0.1, 0.15) is 5.54 Å². The third-order valence-corrected chi connectivity index (χ3v) is 8.47. The van der Waals surface area contributed by atoms with E-state index in [-0.39, 0.29) is 37.1 Å². The summed E-state index contributed by atoms with van der Waals surface area (Å²) in [5.74, 6) is -1.17. The average molecular weight is 466 g/mol. The molecule has 0 bridgehead atoms. The highest BCUT2D eigenvalue weighted by Gasteiger charge is 2.47. The molecule has 0 saturated carbocycles. The van der Waals surface area contributed by atoms with Crippen LogP contribution in [0.3, 0.4) is 0 Å². The number of nitrogens with zero attached hydrogens (tertiary/aromatic N) is 2. The Morgan fingerprint density at radius 2 is 1.81 bits per heavy atom. The summed E-state index contributed by atoms with van der Waals surface area (Å²) in [4.78, 5) is 37.2. The fraction of sp³-hybridized carbons (Fsp3) is 0.571. The van der Waals surface area contributed by atoms with Crippen LogP contribution in [-0.4, -0.2) is 54.9 Å². The van der Waals surface area contributed by atoms with Gasteiger partial charge in [0.15, 0.2) is 0 Å². The molecule has 2 saturated heterocycles. The van der Waals surface area contributed by atoms with Crippen LogP contribution in [0.2, 0.25) is 0 Å². The van der Waals surface area contributed by atoms with Crippen LogP contribution < -0.4 is 21.7 Å². The molecule has 4 amide bonds. The van der Waals surface area contributed by atoms with E-state index in [9.17, 15) is 22.8 Å². The van der Waals surface area contributed by atoms with Crippen molar-refractivity contribution in [2.24, 2.45) is 11.7 Å². The Balaban J connectivity index is 1.80. The molecule has 176 valence electrons. The predicted octanol–water partition coefficient (Wildman–Crippen LogP) is 0.790. The molecule has 3 rings (SSSR count). The van der Waals surface area contributed by atoms with Gasteiger partial charge in [-0.25, -0.2) is 17.5 Å². The zero-order valence-corrected chi connectivity index (χ0v) is 19.7. The molecule has 2 fully saturated rings. The standard InChI is InChI=1S/C21H31N5O5S/c1-12-11-16(26-20(29)24-19(28)21(26,3)4)17(22)13(2)15(12)7-10-32(30,31)25-8-5-14(6-9-25)18(23)27/h11,14H,5-10,22H2,1-4H3,(H2,23,27)(H,24,28,29). The molecule has 0 aromatic heterocycles. The Morgan fingerprint density at radius 1 is 1.22 bits per heavy atom. The van der Waals surface area contributed by atoms with E-state index in [0.29, 0.717) is 29.8 Å². The van der Waals surface area contributed by atoms with Crippen molar-refractivity contribution in [3.63, 3.8) is 0 Å². The highest BCUT2D eigenvalue weighted by atomic mass is 32.2. The second-order valence-corrected chi connectivity index (χ2v) is 11.1. The summed E-state index contributed by atoms with van der Waals surface area (Å²) in [7, 11) is -3.52. The molecule has 0 aliphatic carbocycles. The van der Waals surface area contributed by atoms with Crippen LogP contribution in [0.25, 0.3) is 0 Å². The molecule has 0 atom stereocenters. The molecule has 2 aliphatic heterocycles. The van der Waals surface area contributed by atoms with E-state index >= 15 is 0 Å². The van der Waals surface area contributed by atoms with Gasteiger partial charge in [-0.2, -0.15) is 0 Å². The molecule has 0 unspecified atom stereocenters. The largest absolute Gasteiger partial charge is 0.397 e. The number of hydrogen-bond acceptors (Lipinski definition) is 6. The van der Waals surface area contributed by atoms with Crippen LogP contribution >= 0.6 is 0 Å². The minimum atomic E-state index is -3.52. The van der Waals surface area contributed by atoms with Gasteiger partial charge < -0.3 is 11.5 Å². The first-order valence-electron chi connectivity index (χ1n) is 10.6. The van der Waals surface area contributed by atoms with Crippen LogP contribution in [0.1, 0.15) is 43.4 Å². The number of aryl methyl sites for hydroxylation is 1. The van der Waals surface area contributed by atoms with Gasteiger partial charge >= 0.3 is 6.03 Å². The number of benzene rings is 1. The first-order chi connectivity index (χ1) is 14.8. The number of nitrogen functional groups attached to an aromatic ring is 1. The molecule has 1 aromatic carbocycles. The summed E-state index contributed by atoms with van der Waals surface area (Å²) in [5, 5.41) is 2.31. The summed E-state index contributed by atoms with van der Waals surface area (Å²) in [6, 6.07) is 1.18. The van der Waals surface area contributed by atoms with E-state index in [0.717, 1.165) is 11.1 Å².